The molecule has 2 saturated heterocycles. The van der Waals surface area contributed by atoms with Gasteiger partial charge in [-0.2, -0.15) is 0 Å². The van der Waals surface area contributed by atoms with Gasteiger partial charge in [0, 0.05) is 36.8 Å². The molecule has 0 radical (unpaired) electrons. The third-order valence-corrected chi connectivity index (χ3v) is 5.48. The normalized spacial score (nSPS) is 25.4. The summed E-state index contributed by atoms with van der Waals surface area (Å²) in [6.07, 6.45) is 0.887. The number of ether oxygens (including phenoxy) is 2. The van der Waals surface area contributed by atoms with Crippen molar-refractivity contribution in [2.75, 3.05) is 19.8 Å². The van der Waals surface area contributed by atoms with Crippen LogP contribution in [0.1, 0.15) is 33.7 Å². The summed E-state index contributed by atoms with van der Waals surface area (Å²) in [6.45, 7) is 1.48. The maximum Gasteiger partial charge on any atom is 0.271 e. The summed E-state index contributed by atoms with van der Waals surface area (Å²) in [5.41, 5.74) is 1.96. The first-order chi connectivity index (χ1) is 11.6. The fraction of sp³-hybridized carbons (Fsp3) is 0.444. The lowest BCUT2D eigenvalue weighted by atomic mass is 10.0. The number of para-hydroxylation sites is 1. The molecule has 2 fully saturated rings. The Morgan fingerprint density at radius 3 is 2.71 bits per heavy atom. The Morgan fingerprint density at radius 1 is 1.17 bits per heavy atom. The lowest BCUT2D eigenvalue weighted by Crippen LogP contribution is -2.38. The smallest absolute Gasteiger partial charge is 0.271 e. The Hall–Kier alpha value is -2.18. The molecule has 6 nitrogen and oxygen atoms in total. The second-order valence-corrected chi connectivity index (χ2v) is 6.83. The molecule has 24 heavy (non-hydrogen) atoms. The number of carbonyl (C=O) groups is 2. The molecule has 1 amide bonds. The van der Waals surface area contributed by atoms with E-state index in [0.717, 1.165) is 10.9 Å². The van der Waals surface area contributed by atoms with E-state index in [4.69, 9.17) is 9.47 Å². The highest BCUT2D eigenvalue weighted by atomic mass is 16.7. The summed E-state index contributed by atoms with van der Waals surface area (Å²) in [4.78, 5) is 28.0. The van der Waals surface area contributed by atoms with Crippen molar-refractivity contribution in [2.24, 2.45) is 7.05 Å². The van der Waals surface area contributed by atoms with Gasteiger partial charge in [0.25, 0.3) is 5.91 Å². The molecule has 0 N–H and O–H groups in total. The molecular formula is C18H18N2O4. The van der Waals surface area contributed by atoms with Gasteiger partial charge in [0.05, 0.1) is 25.3 Å². The molecule has 2 aromatic rings. The third kappa shape index (κ3) is 1.72. The zero-order valence-electron chi connectivity index (χ0n) is 13.4. The number of hydrogen-bond acceptors (Lipinski definition) is 4. The number of hydrogen-bond donors (Lipinski definition) is 0. The minimum atomic E-state index is -0.720. The van der Waals surface area contributed by atoms with Gasteiger partial charge in [-0.1, -0.05) is 18.2 Å². The van der Waals surface area contributed by atoms with Crippen molar-refractivity contribution in [3.8, 4) is 0 Å². The monoisotopic (exact) mass is 326 g/mol. The van der Waals surface area contributed by atoms with Gasteiger partial charge in [-0.15, -0.1) is 0 Å². The third-order valence-electron chi connectivity index (χ3n) is 5.48. The first-order valence-electron chi connectivity index (χ1n) is 8.29. The van der Waals surface area contributed by atoms with Crippen molar-refractivity contribution >= 4 is 22.6 Å². The summed E-state index contributed by atoms with van der Waals surface area (Å²) >= 11 is 0. The second kappa shape index (κ2) is 4.68. The van der Waals surface area contributed by atoms with E-state index in [1.165, 1.54) is 0 Å². The summed E-state index contributed by atoms with van der Waals surface area (Å²) in [6, 6.07) is 7.53. The van der Waals surface area contributed by atoms with Crippen LogP contribution in [0.25, 0.3) is 10.9 Å². The fourth-order valence-corrected chi connectivity index (χ4v) is 4.43. The predicted molar refractivity (Wildman–Crippen MR) is 85.9 cm³/mol. The Bertz CT molecular complexity index is 879. The summed E-state index contributed by atoms with van der Waals surface area (Å²) < 4.78 is 13.4. The molecule has 1 atom stereocenters. The van der Waals surface area contributed by atoms with Gasteiger partial charge >= 0.3 is 0 Å². The van der Waals surface area contributed by atoms with Crippen molar-refractivity contribution in [3.05, 3.63) is 35.5 Å². The molecule has 4 heterocycles. The van der Waals surface area contributed by atoms with Crippen LogP contribution in [0, 0.1) is 0 Å². The van der Waals surface area contributed by atoms with E-state index in [-0.39, 0.29) is 17.7 Å². The van der Waals surface area contributed by atoms with Crippen LogP contribution in [0.15, 0.2) is 24.3 Å². The molecule has 0 saturated carbocycles. The van der Waals surface area contributed by atoms with Crippen molar-refractivity contribution < 1.29 is 19.1 Å². The van der Waals surface area contributed by atoms with Crippen LogP contribution >= 0.6 is 0 Å². The summed E-state index contributed by atoms with van der Waals surface area (Å²) in [5, 5.41) is 0.859. The molecule has 3 aliphatic heterocycles. The molecule has 0 bridgehead atoms. The van der Waals surface area contributed by atoms with Crippen molar-refractivity contribution in [1.29, 1.82) is 0 Å². The lowest BCUT2D eigenvalue weighted by Gasteiger charge is -2.23. The number of aryl methyl sites for hydroxylation is 1. The molecule has 1 aromatic heterocycles. The number of fused-ring (bicyclic) bond motifs is 4. The molecular weight excluding hydrogens is 308 g/mol. The number of nitrogens with zero attached hydrogens (tertiary/aromatic N) is 2. The number of benzene rings is 1. The first-order valence-corrected chi connectivity index (χ1v) is 8.29. The topological polar surface area (TPSA) is 60.8 Å². The highest BCUT2D eigenvalue weighted by molar-refractivity contribution is 6.18. The molecule has 6 heteroatoms. The van der Waals surface area contributed by atoms with Crippen molar-refractivity contribution in [1.82, 2.24) is 9.47 Å². The van der Waals surface area contributed by atoms with Gasteiger partial charge in [0.1, 0.15) is 5.69 Å². The molecule has 1 spiro atoms. The zero-order chi connectivity index (χ0) is 16.5. The number of carbonyl (C=O) groups excluding carboxylic acids is 2. The van der Waals surface area contributed by atoms with Gasteiger partial charge in [-0.3, -0.25) is 9.59 Å². The quantitative estimate of drug-likeness (QED) is 0.740. The largest absolute Gasteiger partial charge is 0.346 e. The number of rotatable bonds is 0. The maximum absolute atomic E-state index is 13.2. The number of Topliss-reactive ketones (excluding diaryl/α,β-unsaturated/α-hetero) is 1. The van der Waals surface area contributed by atoms with Crippen LogP contribution in [0.3, 0.4) is 0 Å². The highest BCUT2D eigenvalue weighted by Crippen LogP contribution is 2.40. The van der Waals surface area contributed by atoms with Crippen LogP contribution in [0.5, 0.6) is 0 Å². The molecule has 1 aromatic carbocycles. The Morgan fingerprint density at radius 2 is 1.92 bits per heavy atom. The molecule has 0 aliphatic carbocycles. The van der Waals surface area contributed by atoms with E-state index in [0.29, 0.717) is 43.9 Å². The van der Waals surface area contributed by atoms with E-state index in [9.17, 15) is 9.59 Å². The van der Waals surface area contributed by atoms with Crippen LogP contribution in [-0.4, -0.2) is 52.7 Å². The van der Waals surface area contributed by atoms with E-state index in [1.807, 2.05) is 35.9 Å². The van der Waals surface area contributed by atoms with Crippen molar-refractivity contribution in [2.45, 2.75) is 24.7 Å². The van der Waals surface area contributed by atoms with Crippen molar-refractivity contribution in [3.63, 3.8) is 0 Å². The molecule has 1 unspecified atom stereocenters. The van der Waals surface area contributed by atoms with E-state index in [1.54, 1.807) is 4.90 Å². The molecule has 3 aliphatic rings. The summed E-state index contributed by atoms with van der Waals surface area (Å²) in [5.74, 6) is -0.795. The Balaban J connectivity index is 1.67. The number of ketones is 1. The standard InChI is InChI=1S/C18H18N2O4/c1-19-13-5-3-2-4-12(13)15-14(21)8-11-9-18(23-6-7-24-18)10-20(11)17(22)16(15)19/h2-5,11H,6-10H2,1H3. The average molecular weight is 326 g/mol. The van der Waals surface area contributed by atoms with E-state index >= 15 is 0 Å². The number of aromatic nitrogens is 1. The minimum absolute atomic E-state index is 0.0256. The van der Waals surface area contributed by atoms with E-state index < -0.39 is 5.79 Å². The summed E-state index contributed by atoms with van der Waals surface area (Å²) in [7, 11) is 1.85. The zero-order valence-corrected chi connectivity index (χ0v) is 13.4. The first kappa shape index (κ1) is 14.2. The van der Waals surface area contributed by atoms with Crippen LogP contribution < -0.4 is 0 Å². The predicted octanol–water partition coefficient (Wildman–Crippen LogP) is 1.72. The molecule has 5 rings (SSSR count). The van der Waals surface area contributed by atoms with Gasteiger partial charge in [0.15, 0.2) is 11.6 Å². The van der Waals surface area contributed by atoms with Gasteiger partial charge in [0.2, 0.25) is 0 Å². The Kier molecular flexibility index (Phi) is 2.76. The SMILES string of the molecule is Cn1c2c(c3ccccc31)C(=O)CC1CC3(CN1C2=O)OCCO3. The van der Waals surface area contributed by atoms with Gasteiger partial charge in [-0.25, -0.2) is 0 Å². The van der Waals surface area contributed by atoms with Crippen LogP contribution in [-0.2, 0) is 16.5 Å². The second-order valence-electron chi connectivity index (χ2n) is 6.83. The number of amides is 1. The van der Waals surface area contributed by atoms with Gasteiger partial charge in [-0.05, 0) is 6.07 Å². The molecule has 124 valence electrons. The van der Waals surface area contributed by atoms with Crippen LogP contribution in [0.2, 0.25) is 0 Å². The highest BCUT2D eigenvalue weighted by Gasteiger charge is 2.52. The average Bonchev–Trinajstić information content (AvgIpc) is 3.23. The van der Waals surface area contributed by atoms with Crippen LogP contribution in [0.4, 0.5) is 0 Å². The lowest BCUT2D eigenvalue weighted by molar-refractivity contribution is -0.144. The van der Waals surface area contributed by atoms with Gasteiger partial charge < -0.3 is 18.9 Å². The maximum atomic E-state index is 13.2. The Labute approximate surface area is 138 Å². The fourth-order valence-electron chi connectivity index (χ4n) is 4.43. The van der Waals surface area contributed by atoms with E-state index in [2.05, 4.69) is 0 Å². The minimum Gasteiger partial charge on any atom is -0.346 e.